The van der Waals surface area contributed by atoms with Crippen LogP contribution in [0.5, 0.6) is 0 Å². The number of nitrogens with zero attached hydrogens (tertiary/aromatic N) is 1. The third kappa shape index (κ3) is 18.7. The van der Waals surface area contributed by atoms with Crippen LogP contribution in [0, 0.1) is 0 Å². The van der Waals surface area contributed by atoms with Crippen LogP contribution in [0.15, 0.2) is 0 Å². The minimum Gasteiger partial charge on any atom is -0.380 e. The number of nitrogens with one attached hydrogen (secondary N) is 4. The minimum absolute atomic E-state index is 0.0510. The molecule has 1 heterocycles. The summed E-state index contributed by atoms with van der Waals surface area (Å²) in [6.07, 6.45) is 2.55. The highest BCUT2D eigenvalue weighted by Gasteiger charge is 2.25. The maximum atomic E-state index is 12.2. The van der Waals surface area contributed by atoms with E-state index in [2.05, 4.69) is 25.8 Å². The van der Waals surface area contributed by atoms with Crippen molar-refractivity contribution in [2.45, 2.75) is 38.2 Å². The van der Waals surface area contributed by atoms with E-state index in [1.807, 2.05) is 0 Å². The van der Waals surface area contributed by atoms with Gasteiger partial charge in [0, 0.05) is 53.4 Å². The monoisotopic (exact) mass is 623 g/mol. The Labute approximate surface area is 246 Å². The lowest BCUT2D eigenvalue weighted by Crippen LogP contribution is -2.44. The molecule has 4 N–H and O–H groups in total. The third-order valence-electron chi connectivity index (χ3n) is 6.04. The van der Waals surface area contributed by atoms with Gasteiger partial charge in [0.1, 0.15) is 0 Å². The molecule has 1 aliphatic rings. The van der Waals surface area contributed by atoms with Crippen molar-refractivity contribution in [3.63, 3.8) is 0 Å². The third-order valence-corrected chi connectivity index (χ3v) is 7.35. The molecule has 1 aliphatic heterocycles. The summed E-state index contributed by atoms with van der Waals surface area (Å²) in [6, 6.07) is 0. The molecule has 42 heavy (non-hydrogen) atoms. The molecule has 1 saturated heterocycles. The van der Waals surface area contributed by atoms with Gasteiger partial charge in [-0.25, -0.2) is 0 Å². The van der Waals surface area contributed by atoms with Gasteiger partial charge in [0.2, 0.25) is 29.5 Å². The fraction of sp³-hybridized carbons (Fsp3) is 0.800. The van der Waals surface area contributed by atoms with Crippen LogP contribution in [0.25, 0.3) is 0 Å². The molecule has 16 nitrogen and oxygen atoms in total. The van der Waals surface area contributed by atoms with Gasteiger partial charge in [0.25, 0.3) is 0 Å². The van der Waals surface area contributed by atoms with E-state index in [0.717, 1.165) is 6.42 Å². The second kappa shape index (κ2) is 22.0. The molecule has 5 amide bonds. The van der Waals surface area contributed by atoms with Crippen molar-refractivity contribution >= 4 is 37.1 Å². The zero-order valence-electron chi connectivity index (χ0n) is 24.8. The summed E-state index contributed by atoms with van der Waals surface area (Å²) in [6.45, 7) is 3.15. The number of hydrogen-bond donors (Lipinski definition) is 4. The first-order valence-corrected chi connectivity index (χ1v) is 15.9. The van der Waals surface area contributed by atoms with Crippen molar-refractivity contribution in [2.24, 2.45) is 0 Å². The first kappa shape index (κ1) is 37.4. The van der Waals surface area contributed by atoms with E-state index in [-0.39, 0.29) is 76.9 Å². The first-order valence-electron chi connectivity index (χ1n) is 13.9. The Hall–Kier alpha value is -2.62. The van der Waals surface area contributed by atoms with E-state index < -0.39 is 25.3 Å². The molecular formula is C25H46N5O11P. The number of amides is 5. The number of hydrogen-bond acceptors (Lipinski definition) is 11. The summed E-state index contributed by atoms with van der Waals surface area (Å²) in [5.41, 5.74) is 0. The van der Waals surface area contributed by atoms with Crippen LogP contribution in [0.1, 0.15) is 32.1 Å². The molecule has 0 aromatic heterocycles. The second-order valence-electron chi connectivity index (χ2n) is 9.39. The smallest absolute Gasteiger partial charge is 0.327 e. The van der Waals surface area contributed by atoms with E-state index in [1.165, 1.54) is 13.8 Å². The summed E-state index contributed by atoms with van der Waals surface area (Å²) in [4.78, 5) is 61.4. The lowest BCUT2D eigenvalue weighted by Gasteiger charge is -2.15. The highest BCUT2D eigenvalue weighted by Crippen LogP contribution is 2.42. The highest BCUT2D eigenvalue weighted by molar-refractivity contribution is 7.52. The van der Waals surface area contributed by atoms with Crippen molar-refractivity contribution in [3.05, 3.63) is 0 Å². The Balaban J connectivity index is 1.95. The molecule has 1 unspecified atom stereocenters. The Morgan fingerprint density at radius 2 is 1.31 bits per heavy atom. The molecular weight excluding hydrogens is 577 g/mol. The van der Waals surface area contributed by atoms with Gasteiger partial charge < -0.3 is 49.4 Å². The number of rotatable bonds is 23. The molecule has 0 aromatic carbocycles. The molecule has 0 bridgehead atoms. The Morgan fingerprint density at radius 3 is 1.90 bits per heavy atom. The summed E-state index contributed by atoms with van der Waals surface area (Å²) in [7, 11) is -0.0757. The van der Waals surface area contributed by atoms with Crippen LogP contribution < -0.4 is 21.3 Å². The van der Waals surface area contributed by atoms with Crippen molar-refractivity contribution in [1.82, 2.24) is 26.2 Å². The normalized spacial score (nSPS) is 16.0. The fourth-order valence-corrected chi connectivity index (χ4v) is 4.09. The predicted molar refractivity (Wildman–Crippen MR) is 151 cm³/mol. The molecule has 0 aliphatic carbocycles. The standard InChI is InChI=1S/C25H46N5O11P/c1-37-20-8-10-30(19-20)25(35)7-5-4-6-21(31)27-17-23(33)29-18-24(34)28-16-22(32)26-9-11-39-12-13-40-14-15-41-42(3,36)38-2/h20H,4-19H2,1-3H3,(H,26,32)(H,27,31)(H,28,34)(H,29,33)/t20?,42-/m1/s1. The first-order chi connectivity index (χ1) is 20.1. The van der Waals surface area contributed by atoms with Crippen LogP contribution >= 0.6 is 7.60 Å². The van der Waals surface area contributed by atoms with Crippen LogP contribution in [0.2, 0.25) is 0 Å². The molecule has 1 rings (SSSR count). The molecule has 0 spiro atoms. The average Bonchev–Trinajstić information content (AvgIpc) is 3.46. The minimum atomic E-state index is -3.01. The number of likely N-dealkylation sites (tertiary alicyclic amines) is 1. The van der Waals surface area contributed by atoms with Gasteiger partial charge in [-0.1, -0.05) is 0 Å². The number of ether oxygens (including phenoxy) is 3. The van der Waals surface area contributed by atoms with Gasteiger partial charge >= 0.3 is 7.60 Å². The van der Waals surface area contributed by atoms with Gasteiger partial charge in [0.05, 0.1) is 58.8 Å². The number of carbonyl (C=O) groups is 5. The highest BCUT2D eigenvalue weighted by atomic mass is 31.2. The lowest BCUT2D eigenvalue weighted by atomic mass is 10.1. The van der Waals surface area contributed by atoms with Gasteiger partial charge in [-0.05, 0) is 19.3 Å². The van der Waals surface area contributed by atoms with Crippen molar-refractivity contribution in [2.75, 3.05) is 93.2 Å². The van der Waals surface area contributed by atoms with Gasteiger partial charge in [-0.3, -0.25) is 28.5 Å². The van der Waals surface area contributed by atoms with Crippen LogP contribution in [-0.2, 0) is 51.8 Å². The largest absolute Gasteiger partial charge is 0.380 e. The maximum Gasteiger partial charge on any atom is 0.327 e. The maximum absolute atomic E-state index is 12.2. The average molecular weight is 624 g/mol. The van der Waals surface area contributed by atoms with Crippen LogP contribution in [0.3, 0.4) is 0 Å². The molecule has 17 heteroatoms. The summed E-state index contributed by atoms with van der Waals surface area (Å²) >= 11 is 0. The summed E-state index contributed by atoms with van der Waals surface area (Å²) in [5.74, 6) is -1.81. The van der Waals surface area contributed by atoms with Crippen LogP contribution in [0.4, 0.5) is 0 Å². The van der Waals surface area contributed by atoms with E-state index in [0.29, 0.717) is 39.0 Å². The summed E-state index contributed by atoms with van der Waals surface area (Å²) in [5, 5.41) is 9.78. The summed E-state index contributed by atoms with van der Waals surface area (Å²) < 4.78 is 37.0. The Kier molecular flexibility index (Phi) is 19.6. The van der Waals surface area contributed by atoms with Gasteiger partial charge in [0.15, 0.2) is 0 Å². The molecule has 242 valence electrons. The second-order valence-corrected chi connectivity index (χ2v) is 11.6. The zero-order chi connectivity index (χ0) is 31.2. The Morgan fingerprint density at radius 1 is 0.762 bits per heavy atom. The van der Waals surface area contributed by atoms with Crippen molar-refractivity contribution in [3.8, 4) is 0 Å². The predicted octanol–water partition coefficient (Wildman–Crippen LogP) is -1.22. The van der Waals surface area contributed by atoms with Crippen LogP contribution in [-0.4, -0.2) is 134 Å². The fourth-order valence-electron chi connectivity index (χ4n) is 3.58. The Bertz CT molecular complexity index is 908. The number of carbonyl (C=O) groups excluding carboxylic acids is 5. The zero-order valence-corrected chi connectivity index (χ0v) is 25.7. The lowest BCUT2D eigenvalue weighted by molar-refractivity contribution is -0.131. The van der Waals surface area contributed by atoms with Crippen molar-refractivity contribution < 1.29 is 51.8 Å². The topological polar surface area (TPSA) is 200 Å². The molecule has 0 aromatic rings. The molecule has 1 fully saturated rings. The molecule has 2 atom stereocenters. The van der Waals surface area contributed by atoms with E-state index in [1.54, 1.807) is 12.0 Å². The van der Waals surface area contributed by atoms with E-state index >= 15 is 0 Å². The number of methoxy groups -OCH3 is 1. The molecule has 0 saturated carbocycles. The van der Waals surface area contributed by atoms with Gasteiger partial charge in [-0.15, -0.1) is 0 Å². The van der Waals surface area contributed by atoms with E-state index in [9.17, 15) is 28.5 Å². The van der Waals surface area contributed by atoms with Gasteiger partial charge in [-0.2, -0.15) is 0 Å². The SMILES string of the molecule is COC1CCN(C(=O)CCCCC(=O)NCC(=O)NCC(=O)NCC(=O)NCCOCCOCCO[P@](C)(=O)OC)C1. The quantitative estimate of drug-likeness (QED) is 0.0785. The van der Waals surface area contributed by atoms with Crippen molar-refractivity contribution in [1.29, 1.82) is 0 Å². The van der Waals surface area contributed by atoms with E-state index in [4.69, 9.17) is 18.7 Å². The number of unbranched alkanes of at least 4 members (excludes halogenated alkanes) is 1. The molecule has 0 radical (unpaired) electrons.